The van der Waals surface area contributed by atoms with Crippen molar-refractivity contribution in [3.05, 3.63) is 0 Å². The Bertz CT molecular complexity index is 344. The van der Waals surface area contributed by atoms with E-state index in [4.69, 9.17) is 9.47 Å². The highest BCUT2D eigenvalue weighted by Gasteiger charge is 2.71. The van der Waals surface area contributed by atoms with Crippen LogP contribution >= 0.6 is 0 Å². The van der Waals surface area contributed by atoms with Crippen molar-refractivity contribution in [2.24, 2.45) is 22.7 Å². The number of rotatable bonds is 3. The average Bonchev–Trinajstić information content (AvgIpc) is 2.91. The van der Waals surface area contributed by atoms with Gasteiger partial charge in [-0.05, 0) is 36.5 Å². The Morgan fingerprint density at radius 1 is 1.12 bits per heavy atom. The van der Waals surface area contributed by atoms with Gasteiger partial charge in [0.05, 0.1) is 14.2 Å². The maximum absolute atomic E-state index is 11.9. The maximum atomic E-state index is 11.9. The van der Waals surface area contributed by atoms with E-state index < -0.39 is 17.4 Å². The molecule has 2 rings (SSSR count). The molecule has 4 nitrogen and oxygen atoms in total. The summed E-state index contributed by atoms with van der Waals surface area (Å²) in [5.74, 6) is 0.0949. The van der Waals surface area contributed by atoms with Crippen LogP contribution in [0.25, 0.3) is 0 Å². The zero-order valence-electron chi connectivity index (χ0n) is 10.9. The lowest BCUT2D eigenvalue weighted by Gasteiger charge is -2.27. The van der Waals surface area contributed by atoms with E-state index in [1.54, 1.807) is 0 Å². The molecule has 2 fully saturated rings. The molecule has 2 unspecified atom stereocenters. The number of carbonyl (C=O) groups is 2. The van der Waals surface area contributed by atoms with Gasteiger partial charge in [-0.2, -0.15) is 0 Å². The fraction of sp³-hybridized carbons (Fsp3) is 0.846. The van der Waals surface area contributed by atoms with Crippen LogP contribution in [0.3, 0.4) is 0 Å². The number of methoxy groups -OCH3 is 2. The van der Waals surface area contributed by atoms with Crippen molar-refractivity contribution in [2.45, 2.75) is 33.1 Å². The van der Waals surface area contributed by atoms with Crippen LogP contribution in [0.15, 0.2) is 0 Å². The van der Waals surface area contributed by atoms with Crippen LogP contribution in [0, 0.1) is 22.7 Å². The number of ether oxygens (including phenoxy) is 2. The first-order valence-electron chi connectivity index (χ1n) is 6.10. The molecule has 96 valence electrons. The number of hydrogen-bond acceptors (Lipinski definition) is 4. The normalized spacial score (nSPS) is 33.1. The second-order valence-electron chi connectivity index (χ2n) is 5.74. The number of hydrogen-bond donors (Lipinski definition) is 0. The van der Waals surface area contributed by atoms with Crippen LogP contribution in [-0.2, 0) is 19.1 Å². The fourth-order valence-corrected chi connectivity index (χ4v) is 3.64. The van der Waals surface area contributed by atoms with Gasteiger partial charge in [0.2, 0.25) is 0 Å². The molecule has 2 aliphatic rings. The molecule has 0 saturated heterocycles. The minimum absolute atomic E-state index is 0.155. The largest absolute Gasteiger partial charge is 0.468 e. The molecule has 0 aliphatic heterocycles. The van der Waals surface area contributed by atoms with Crippen molar-refractivity contribution in [2.75, 3.05) is 14.2 Å². The summed E-state index contributed by atoms with van der Waals surface area (Å²) < 4.78 is 9.63. The average molecular weight is 240 g/mol. The quantitative estimate of drug-likeness (QED) is 0.557. The maximum Gasteiger partial charge on any atom is 0.323 e. The minimum atomic E-state index is -1.04. The van der Waals surface area contributed by atoms with Gasteiger partial charge in [-0.3, -0.25) is 9.59 Å². The predicted octanol–water partition coefficient (Wildman–Crippen LogP) is 1.77. The van der Waals surface area contributed by atoms with Crippen LogP contribution in [0.5, 0.6) is 0 Å². The molecule has 2 saturated carbocycles. The van der Waals surface area contributed by atoms with E-state index in [-0.39, 0.29) is 5.41 Å². The molecule has 0 heterocycles. The van der Waals surface area contributed by atoms with Gasteiger partial charge in [0.25, 0.3) is 0 Å². The van der Waals surface area contributed by atoms with Gasteiger partial charge in [0, 0.05) is 0 Å². The van der Waals surface area contributed by atoms with Crippen molar-refractivity contribution in [1.29, 1.82) is 0 Å². The van der Waals surface area contributed by atoms with Crippen LogP contribution in [0.4, 0.5) is 0 Å². The topological polar surface area (TPSA) is 52.6 Å². The van der Waals surface area contributed by atoms with Gasteiger partial charge in [-0.25, -0.2) is 0 Å². The van der Waals surface area contributed by atoms with E-state index in [1.807, 2.05) is 0 Å². The van der Waals surface area contributed by atoms with Crippen LogP contribution in [0.1, 0.15) is 33.1 Å². The highest BCUT2D eigenvalue weighted by atomic mass is 16.5. The van der Waals surface area contributed by atoms with Crippen molar-refractivity contribution in [3.63, 3.8) is 0 Å². The lowest BCUT2D eigenvalue weighted by Crippen LogP contribution is -2.41. The Kier molecular flexibility index (Phi) is 2.71. The molecule has 17 heavy (non-hydrogen) atoms. The third-order valence-corrected chi connectivity index (χ3v) is 4.81. The first-order valence-corrected chi connectivity index (χ1v) is 6.10. The summed E-state index contributed by atoms with van der Waals surface area (Å²) in [4.78, 5) is 23.9. The Hall–Kier alpha value is -1.06. The monoisotopic (exact) mass is 240 g/mol. The zero-order valence-corrected chi connectivity index (χ0v) is 10.9. The lowest BCUT2D eigenvalue weighted by molar-refractivity contribution is -0.170. The van der Waals surface area contributed by atoms with Crippen molar-refractivity contribution in [1.82, 2.24) is 0 Å². The lowest BCUT2D eigenvalue weighted by atomic mass is 9.78. The highest BCUT2D eigenvalue weighted by molar-refractivity contribution is 6.00. The van der Waals surface area contributed by atoms with Gasteiger partial charge in [0.15, 0.2) is 5.41 Å². The molecule has 0 N–H and O–H groups in total. The smallest absolute Gasteiger partial charge is 0.323 e. The molecule has 0 amide bonds. The summed E-state index contributed by atoms with van der Waals surface area (Å²) in [6.45, 7) is 4.31. The van der Waals surface area contributed by atoms with E-state index in [1.165, 1.54) is 14.2 Å². The number of fused-ring (bicyclic) bond motifs is 1. The van der Waals surface area contributed by atoms with E-state index in [2.05, 4.69) is 13.8 Å². The van der Waals surface area contributed by atoms with Gasteiger partial charge >= 0.3 is 11.9 Å². The molecule has 2 aliphatic carbocycles. The van der Waals surface area contributed by atoms with E-state index in [0.29, 0.717) is 24.7 Å². The van der Waals surface area contributed by atoms with Crippen LogP contribution in [0.2, 0.25) is 0 Å². The third kappa shape index (κ3) is 1.49. The van der Waals surface area contributed by atoms with Gasteiger partial charge in [-0.15, -0.1) is 0 Å². The Balaban J connectivity index is 2.28. The fourth-order valence-electron chi connectivity index (χ4n) is 3.64. The molecule has 0 bridgehead atoms. The molecule has 0 radical (unpaired) electrons. The van der Waals surface area contributed by atoms with Crippen molar-refractivity contribution < 1.29 is 19.1 Å². The minimum Gasteiger partial charge on any atom is -0.468 e. The van der Waals surface area contributed by atoms with Crippen molar-refractivity contribution in [3.8, 4) is 0 Å². The first-order chi connectivity index (χ1) is 7.93. The first kappa shape index (κ1) is 12.4. The van der Waals surface area contributed by atoms with E-state index in [9.17, 15) is 9.59 Å². The SMILES string of the molecule is COC(=O)C1(C(=O)OC)CC2CC2(C(C)C)C1. The number of carbonyl (C=O) groups excluding carboxylic acids is 2. The molecular weight excluding hydrogens is 220 g/mol. The van der Waals surface area contributed by atoms with E-state index >= 15 is 0 Å². The second-order valence-corrected chi connectivity index (χ2v) is 5.74. The van der Waals surface area contributed by atoms with E-state index in [0.717, 1.165) is 6.42 Å². The molecule has 0 spiro atoms. The zero-order chi connectivity index (χ0) is 12.8. The Morgan fingerprint density at radius 2 is 1.65 bits per heavy atom. The summed E-state index contributed by atoms with van der Waals surface area (Å²) >= 11 is 0. The van der Waals surface area contributed by atoms with Crippen molar-refractivity contribution >= 4 is 11.9 Å². The van der Waals surface area contributed by atoms with Gasteiger partial charge in [-0.1, -0.05) is 13.8 Å². The second kappa shape index (κ2) is 3.72. The molecule has 4 heteroatoms. The van der Waals surface area contributed by atoms with Gasteiger partial charge in [0.1, 0.15) is 0 Å². The third-order valence-electron chi connectivity index (χ3n) is 4.81. The van der Waals surface area contributed by atoms with Crippen LogP contribution < -0.4 is 0 Å². The molecule has 0 aromatic carbocycles. The predicted molar refractivity (Wildman–Crippen MR) is 61.1 cm³/mol. The summed E-state index contributed by atoms with van der Waals surface area (Å²) in [6.07, 6.45) is 2.30. The molecule has 0 aromatic rings. The molecule has 0 aromatic heterocycles. The summed E-state index contributed by atoms with van der Waals surface area (Å²) in [5.41, 5.74) is -0.890. The number of esters is 2. The summed E-state index contributed by atoms with van der Waals surface area (Å²) in [7, 11) is 2.66. The Morgan fingerprint density at radius 3 is 2.00 bits per heavy atom. The molecular formula is C13H20O4. The van der Waals surface area contributed by atoms with Gasteiger partial charge < -0.3 is 9.47 Å². The highest BCUT2D eigenvalue weighted by Crippen LogP contribution is 2.72. The standard InChI is InChI=1S/C13H20O4/c1-8(2)12-5-9(12)6-13(7-12,10(14)16-3)11(15)17-4/h8-9H,5-7H2,1-4H3. The summed E-state index contributed by atoms with van der Waals surface area (Å²) in [5, 5.41) is 0. The Labute approximate surface area is 102 Å². The van der Waals surface area contributed by atoms with Crippen LogP contribution in [-0.4, -0.2) is 26.2 Å². The molecule has 2 atom stereocenters. The summed E-state index contributed by atoms with van der Waals surface area (Å²) in [6, 6.07) is 0.